The van der Waals surface area contributed by atoms with Crippen LogP contribution in [0.5, 0.6) is 0 Å². The van der Waals surface area contributed by atoms with Gasteiger partial charge in [0.05, 0.1) is 1.37 Å². The lowest BCUT2D eigenvalue weighted by Gasteiger charge is -2.61. The van der Waals surface area contributed by atoms with Crippen molar-refractivity contribution in [2.75, 3.05) is 0 Å². The summed E-state index contributed by atoms with van der Waals surface area (Å²) in [6.45, 7) is 6.86. The van der Waals surface area contributed by atoms with Gasteiger partial charge >= 0.3 is 0 Å². The molecule has 0 heteroatoms. The summed E-state index contributed by atoms with van der Waals surface area (Å²) in [5, 5.41) is 5.16. The Kier molecular flexibility index (Phi) is 6.29. The van der Waals surface area contributed by atoms with Crippen LogP contribution in [-0.4, -0.2) is 0 Å². The summed E-state index contributed by atoms with van der Waals surface area (Å²) < 4.78 is 8.86. The number of hydrogen-bond donors (Lipinski definition) is 0. The highest BCUT2D eigenvalue weighted by Gasteiger charge is 2.61. The molecule has 0 aliphatic heterocycles. The first-order chi connectivity index (χ1) is 25.8. The van der Waals surface area contributed by atoms with E-state index in [1.54, 1.807) is 5.56 Å². The lowest BCUT2D eigenvalue weighted by atomic mass is 9.43. The standard InChI is InChI=1S/C52H46/c1-51(2,3)35-25-23-34(24-26-35)48-41-15-6-8-17-43(41)49(44-18-9-7-16-42(44)48)39-14-5-4-13-38(39)40-20-12-22-47-50(40)45-19-10-11-21-46(45)52(47)36-28-32-27-33(30-36)31-37(52)29-32/h4-26,32-33,36-37H,27-31H2,1-3H3/i11D. The Hall–Kier alpha value is -4.94. The maximum Gasteiger partial charge on any atom is 0.0623 e. The first-order valence-electron chi connectivity index (χ1n) is 20.2. The van der Waals surface area contributed by atoms with Crippen LogP contribution in [0.3, 0.4) is 0 Å². The minimum Gasteiger partial charge on any atom is -0.0619 e. The fourth-order valence-electron chi connectivity index (χ4n) is 12.2. The third-order valence-corrected chi connectivity index (χ3v) is 14.0. The van der Waals surface area contributed by atoms with Gasteiger partial charge in [0, 0.05) is 5.41 Å². The van der Waals surface area contributed by atoms with E-state index >= 15 is 0 Å². The minimum atomic E-state index is 0.0314. The van der Waals surface area contributed by atoms with Gasteiger partial charge in [-0.25, -0.2) is 0 Å². The third-order valence-electron chi connectivity index (χ3n) is 14.0. The predicted molar refractivity (Wildman–Crippen MR) is 220 cm³/mol. The zero-order valence-electron chi connectivity index (χ0n) is 31.5. The van der Waals surface area contributed by atoms with Gasteiger partial charge in [-0.05, 0) is 144 Å². The monoisotopic (exact) mass is 671 g/mol. The Morgan fingerprint density at radius 2 is 1.00 bits per heavy atom. The average molecular weight is 672 g/mol. The normalized spacial score (nSPS) is 24.4. The van der Waals surface area contributed by atoms with Crippen molar-refractivity contribution in [3.8, 4) is 44.5 Å². The molecule has 0 aromatic heterocycles. The van der Waals surface area contributed by atoms with Crippen molar-refractivity contribution >= 4 is 21.5 Å². The second-order valence-electron chi connectivity index (χ2n) is 17.6. The molecule has 4 fully saturated rings. The van der Waals surface area contributed by atoms with Gasteiger partial charge in [0.25, 0.3) is 0 Å². The van der Waals surface area contributed by atoms with E-state index in [-0.39, 0.29) is 10.8 Å². The fourth-order valence-corrected chi connectivity index (χ4v) is 12.2. The molecule has 0 amide bonds. The molecular weight excluding hydrogens is 625 g/mol. The molecule has 0 heterocycles. The van der Waals surface area contributed by atoms with Crippen LogP contribution in [0, 0.1) is 23.7 Å². The van der Waals surface area contributed by atoms with Gasteiger partial charge in [-0.1, -0.05) is 160 Å². The highest BCUT2D eigenvalue weighted by molar-refractivity contribution is 6.22. The van der Waals surface area contributed by atoms with E-state index in [1.165, 1.54) is 109 Å². The van der Waals surface area contributed by atoms with Crippen molar-refractivity contribution in [3.63, 3.8) is 0 Å². The quantitative estimate of drug-likeness (QED) is 0.164. The molecular formula is C52H46. The van der Waals surface area contributed by atoms with Crippen molar-refractivity contribution in [2.45, 2.75) is 63.7 Å². The molecule has 1 spiro atoms. The molecule has 0 N–H and O–H groups in total. The van der Waals surface area contributed by atoms with E-state index in [0.29, 0.717) is 17.9 Å². The molecule has 7 aromatic carbocycles. The van der Waals surface area contributed by atoms with E-state index in [0.717, 1.165) is 11.8 Å². The van der Waals surface area contributed by atoms with Crippen molar-refractivity contribution in [1.29, 1.82) is 0 Å². The number of benzene rings is 7. The topological polar surface area (TPSA) is 0 Å². The summed E-state index contributed by atoms with van der Waals surface area (Å²) >= 11 is 0. The average Bonchev–Trinajstić information content (AvgIpc) is 3.45. The van der Waals surface area contributed by atoms with E-state index in [4.69, 9.17) is 1.37 Å². The smallest absolute Gasteiger partial charge is 0.0619 e. The van der Waals surface area contributed by atoms with Crippen molar-refractivity contribution in [3.05, 3.63) is 156 Å². The number of fused-ring (bicyclic) bond motifs is 5. The van der Waals surface area contributed by atoms with Crippen molar-refractivity contribution in [1.82, 2.24) is 0 Å². The predicted octanol–water partition coefficient (Wildman–Crippen LogP) is 14.0. The fraction of sp³-hybridized carbons (Fsp3) is 0.269. The van der Waals surface area contributed by atoms with Crippen LogP contribution >= 0.6 is 0 Å². The maximum atomic E-state index is 8.86. The number of rotatable bonds is 3. The molecule has 12 rings (SSSR count). The zero-order valence-corrected chi connectivity index (χ0v) is 30.5. The van der Waals surface area contributed by atoms with Gasteiger partial charge in [0.15, 0.2) is 0 Å². The zero-order chi connectivity index (χ0) is 35.6. The summed E-state index contributed by atoms with van der Waals surface area (Å²) in [6, 6.07) is 51.1. The van der Waals surface area contributed by atoms with E-state index in [2.05, 4.69) is 148 Å². The molecule has 254 valence electrons. The summed E-state index contributed by atoms with van der Waals surface area (Å²) in [5.74, 6) is 3.12. The molecule has 5 aliphatic rings. The molecule has 0 atom stereocenters. The van der Waals surface area contributed by atoms with E-state index in [9.17, 15) is 0 Å². The second-order valence-corrected chi connectivity index (χ2v) is 17.6. The highest BCUT2D eigenvalue weighted by atomic mass is 14.6. The van der Waals surface area contributed by atoms with E-state index < -0.39 is 0 Å². The second kappa shape index (κ2) is 11.0. The molecule has 4 saturated carbocycles. The van der Waals surface area contributed by atoms with E-state index in [1.807, 2.05) is 6.07 Å². The van der Waals surface area contributed by atoms with Gasteiger partial charge in [0.2, 0.25) is 0 Å². The van der Waals surface area contributed by atoms with Crippen LogP contribution in [0.1, 0.15) is 70.9 Å². The molecule has 0 nitrogen and oxygen atoms in total. The Morgan fingerprint density at radius 3 is 1.62 bits per heavy atom. The molecule has 0 radical (unpaired) electrons. The molecule has 4 bridgehead atoms. The summed E-state index contributed by atoms with van der Waals surface area (Å²) in [7, 11) is 0. The maximum absolute atomic E-state index is 8.86. The van der Waals surface area contributed by atoms with Gasteiger partial charge < -0.3 is 0 Å². The van der Waals surface area contributed by atoms with Crippen LogP contribution in [0.2, 0.25) is 0 Å². The third kappa shape index (κ3) is 4.16. The summed E-state index contributed by atoms with van der Waals surface area (Å²) in [4.78, 5) is 0. The summed E-state index contributed by atoms with van der Waals surface area (Å²) in [6.07, 6.45) is 6.82. The molecule has 0 unspecified atom stereocenters. The lowest BCUT2D eigenvalue weighted by Crippen LogP contribution is -2.55. The Morgan fingerprint density at radius 1 is 0.462 bits per heavy atom. The van der Waals surface area contributed by atoms with Crippen LogP contribution in [0.15, 0.2) is 140 Å². The van der Waals surface area contributed by atoms with Crippen molar-refractivity contribution < 1.29 is 1.37 Å². The van der Waals surface area contributed by atoms with Gasteiger partial charge in [-0.3, -0.25) is 0 Å². The van der Waals surface area contributed by atoms with Gasteiger partial charge in [-0.2, -0.15) is 0 Å². The molecule has 5 aliphatic carbocycles. The Balaban J connectivity index is 1.17. The van der Waals surface area contributed by atoms with Crippen LogP contribution in [0.4, 0.5) is 0 Å². The molecule has 7 aromatic rings. The van der Waals surface area contributed by atoms with Crippen molar-refractivity contribution in [2.24, 2.45) is 23.7 Å². The number of hydrogen-bond acceptors (Lipinski definition) is 0. The van der Waals surface area contributed by atoms with Gasteiger partial charge in [0.1, 0.15) is 0 Å². The largest absolute Gasteiger partial charge is 0.0623 e. The molecule has 52 heavy (non-hydrogen) atoms. The van der Waals surface area contributed by atoms with Crippen LogP contribution in [0.25, 0.3) is 66.1 Å². The summed E-state index contributed by atoms with van der Waals surface area (Å²) in [5.41, 5.74) is 15.1. The Bertz CT molecular complexity index is 2530. The highest BCUT2D eigenvalue weighted by Crippen LogP contribution is 2.70. The SMILES string of the molecule is [2H]c1ccc2c(c1)C1(c3cccc(-c4ccccc4-c4c5ccccc5c(-c5ccc(C(C)(C)C)cc5)c5ccccc45)c3-2)C2CC3CC(C2)CC1C3. The molecule has 0 saturated heterocycles. The Labute approximate surface area is 310 Å². The van der Waals surface area contributed by atoms with Crippen LogP contribution < -0.4 is 0 Å². The first kappa shape index (κ1) is 29.6. The lowest BCUT2D eigenvalue weighted by molar-refractivity contribution is -0.0399. The minimum absolute atomic E-state index is 0.0314. The van der Waals surface area contributed by atoms with Gasteiger partial charge in [-0.15, -0.1) is 0 Å². The van der Waals surface area contributed by atoms with Crippen LogP contribution in [-0.2, 0) is 10.8 Å². The first-order valence-corrected chi connectivity index (χ1v) is 19.7.